The fraction of sp³-hybridized carbons (Fsp3) is 0.314. The van der Waals surface area contributed by atoms with Gasteiger partial charge in [0.15, 0.2) is 0 Å². The van der Waals surface area contributed by atoms with Crippen molar-refractivity contribution in [3.05, 3.63) is 107 Å². The molecule has 0 fully saturated rings. The van der Waals surface area contributed by atoms with E-state index in [4.69, 9.17) is 0 Å². The number of unbranched alkanes of at least 4 members (excludes halogenated alkanes) is 5. The van der Waals surface area contributed by atoms with Crippen LogP contribution in [0.3, 0.4) is 0 Å². The van der Waals surface area contributed by atoms with Crippen molar-refractivity contribution in [3.63, 3.8) is 0 Å². The van der Waals surface area contributed by atoms with Crippen molar-refractivity contribution >= 4 is 40.2 Å². The summed E-state index contributed by atoms with van der Waals surface area (Å²) in [6.45, 7) is 2.32. The largest absolute Gasteiger partial charge is 0.147 e. The van der Waals surface area contributed by atoms with E-state index in [9.17, 15) is 0 Å². The molecule has 204 valence electrons. The average molecular weight is 610 g/mol. The van der Waals surface area contributed by atoms with E-state index in [-0.39, 0.29) is 24.8 Å². The molecule has 4 heteroatoms. The van der Waals surface area contributed by atoms with E-state index in [1.165, 1.54) is 76.6 Å². The molecule has 4 aromatic carbocycles. The van der Waals surface area contributed by atoms with E-state index in [1.807, 2.05) is 0 Å². The Morgan fingerprint density at radius 1 is 0.564 bits per heavy atom. The smallest absolute Gasteiger partial charge is 0.147 e. The number of halogens is 2. The molecule has 0 amide bonds. The second kappa shape index (κ2) is 12.1. The molecular weight excluding hydrogens is 567 g/mol. The minimum atomic E-state index is -3.38. The quantitative estimate of drug-likeness (QED) is 0.114. The van der Waals surface area contributed by atoms with Gasteiger partial charge in [-0.25, -0.2) is 0 Å². The third-order valence-corrected chi connectivity index (χ3v) is 23.1. The number of hydrogen-bond acceptors (Lipinski definition) is 0. The van der Waals surface area contributed by atoms with E-state index < -0.39 is 14.0 Å². The molecule has 2 aliphatic rings. The molecule has 0 atom stereocenters. The number of fused-ring (bicyclic) bond motifs is 6. The van der Waals surface area contributed by atoms with Gasteiger partial charge in [-0.1, -0.05) is 0 Å². The monoisotopic (exact) mass is 608 g/mol. The van der Waals surface area contributed by atoms with Crippen LogP contribution in [0.4, 0.5) is 0 Å². The Kier molecular flexibility index (Phi) is 9.41. The minimum absolute atomic E-state index is 0. The van der Waals surface area contributed by atoms with Crippen LogP contribution >= 0.6 is 24.8 Å². The Hall–Kier alpha value is -1.61. The van der Waals surface area contributed by atoms with Gasteiger partial charge in [-0.3, -0.25) is 0 Å². The zero-order chi connectivity index (χ0) is 25.5. The van der Waals surface area contributed by atoms with Gasteiger partial charge >= 0.3 is 227 Å². The fourth-order valence-electron chi connectivity index (χ4n) is 7.48. The summed E-state index contributed by atoms with van der Waals surface area (Å²) in [7, 11) is 2.47. The van der Waals surface area contributed by atoms with Gasteiger partial charge in [-0.2, -0.15) is 0 Å². The molecule has 0 aromatic heterocycles. The van der Waals surface area contributed by atoms with Gasteiger partial charge in [0.25, 0.3) is 0 Å². The maximum atomic E-state index is 2.78. The zero-order valence-electron chi connectivity index (χ0n) is 23.5. The molecule has 0 bridgehead atoms. The predicted molar refractivity (Wildman–Crippen MR) is 176 cm³/mol. The Bertz CT molecular complexity index is 1450. The first-order valence-electron chi connectivity index (χ1n) is 14.5. The summed E-state index contributed by atoms with van der Waals surface area (Å²) in [5, 5.41) is 2.78. The Balaban J connectivity index is 0.00000176. The van der Waals surface area contributed by atoms with Crippen molar-refractivity contribution in [1.82, 2.24) is 0 Å². The number of hydrogen-bond donors (Lipinski definition) is 0. The molecule has 0 radical (unpaired) electrons. The van der Waals surface area contributed by atoms with Gasteiger partial charge in [-0.15, -0.1) is 24.8 Å². The first kappa shape index (κ1) is 30.4. The summed E-state index contributed by atoms with van der Waals surface area (Å²) in [5.74, 6) is 0. The van der Waals surface area contributed by atoms with Crippen LogP contribution in [-0.4, -0.2) is 7.63 Å². The molecule has 4 aromatic rings. The fourth-order valence-corrected chi connectivity index (χ4v) is 19.7. The summed E-state index contributed by atoms with van der Waals surface area (Å²) in [6, 6.07) is 32.8. The number of benzene rings is 4. The normalized spacial score (nSPS) is 13.0. The van der Waals surface area contributed by atoms with Crippen molar-refractivity contribution in [2.24, 2.45) is 0 Å². The van der Waals surface area contributed by atoms with E-state index in [2.05, 4.69) is 105 Å². The Morgan fingerprint density at radius 2 is 1.00 bits per heavy atom. The van der Waals surface area contributed by atoms with E-state index in [1.54, 1.807) is 18.9 Å². The molecule has 0 unspecified atom stereocenters. The molecule has 0 saturated carbocycles. The second-order valence-corrected chi connectivity index (χ2v) is 29.6. The maximum Gasteiger partial charge on any atom is -0.147 e. The van der Waals surface area contributed by atoms with Crippen LogP contribution in [0.15, 0.2) is 84.9 Å². The first-order valence-corrected chi connectivity index (χ1v) is 22.7. The molecule has 0 heterocycles. The predicted octanol–water partition coefficient (Wildman–Crippen LogP) is 8.69. The molecule has 2 aliphatic carbocycles. The number of rotatable bonds is 9. The molecular formula is C35H42Cl2SiTi. The van der Waals surface area contributed by atoms with Crippen LogP contribution in [-0.2, 0) is 26.9 Å². The van der Waals surface area contributed by atoms with Crippen LogP contribution in [0.1, 0.15) is 67.7 Å². The summed E-state index contributed by atoms with van der Waals surface area (Å²) in [5.41, 5.74) is 12.2. The third kappa shape index (κ3) is 5.27. The Labute approximate surface area is 250 Å². The topological polar surface area (TPSA) is 0 Å². The minimum Gasteiger partial charge on any atom is -0.147 e. The van der Waals surface area contributed by atoms with Gasteiger partial charge < -0.3 is 0 Å². The Morgan fingerprint density at radius 3 is 1.51 bits per heavy atom. The standard InChI is InChI=1S/2C13H9.C8H17.CH3.2ClH.H2Si.Ti/c2*1-3-7-12-10(5-1)9-11-6-2-4-8-13(11)12;1-3-5-7-8-6-4-2;;;;;/h2*1-5,7-8H,9H2;1,3-8H2,2H3;1H3;2*1H;1H2;. The van der Waals surface area contributed by atoms with Crippen molar-refractivity contribution in [2.45, 2.75) is 68.2 Å². The van der Waals surface area contributed by atoms with Crippen LogP contribution in [0.25, 0.3) is 22.3 Å². The molecule has 0 nitrogen and oxygen atoms in total. The molecule has 39 heavy (non-hydrogen) atoms. The molecule has 0 saturated heterocycles. The van der Waals surface area contributed by atoms with Crippen molar-refractivity contribution in [2.75, 3.05) is 0 Å². The van der Waals surface area contributed by atoms with Gasteiger partial charge in [0.1, 0.15) is 0 Å². The maximum absolute atomic E-state index is 3.38. The van der Waals surface area contributed by atoms with Crippen LogP contribution < -0.4 is 7.74 Å². The molecule has 6 rings (SSSR count). The first-order chi connectivity index (χ1) is 18.0. The van der Waals surface area contributed by atoms with Crippen LogP contribution in [0.5, 0.6) is 0 Å². The van der Waals surface area contributed by atoms with Crippen molar-refractivity contribution < 1.29 is 14.0 Å². The van der Waals surface area contributed by atoms with E-state index >= 15 is 0 Å². The summed E-state index contributed by atoms with van der Waals surface area (Å²) in [4.78, 5) is 0. The van der Waals surface area contributed by atoms with E-state index in [0.717, 1.165) is 12.8 Å². The third-order valence-electron chi connectivity index (χ3n) is 9.48. The van der Waals surface area contributed by atoms with Gasteiger partial charge in [0, 0.05) is 0 Å². The molecule has 0 spiro atoms. The average Bonchev–Trinajstić information content (AvgIpc) is 3.49. The van der Waals surface area contributed by atoms with Crippen LogP contribution in [0, 0.1) is 0 Å². The van der Waals surface area contributed by atoms with Crippen LogP contribution in [0.2, 0.25) is 9.95 Å². The van der Waals surface area contributed by atoms with Gasteiger partial charge in [-0.05, 0) is 0 Å². The summed E-state index contributed by atoms with van der Waals surface area (Å²) in [6.07, 6.45) is 10.4. The zero-order valence-corrected chi connectivity index (χ0v) is 28.1. The van der Waals surface area contributed by atoms with Gasteiger partial charge in [0.2, 0.25) is 0 Å². The molecule has 0 aliphatic heterocycles. The molecule has 0 N–H and O–H groups in total. The summed E-state index contributed by atoms with van der Waals surface area (Å²) >= 11 is -3.38. The van der Waals surface area contributed by atoms with Gasteiger partial charge in [0.05, 0.1) is 0 Å². The van der Waals surface area contributed by atoms with Crippen molar-refractivity contribution in [3.8, 4) is 22.3 Å². The second-order valence-electron chi connectivity index (χ2n) is 12.1. The summed E-state index contributed by atoms with van der Waals surface area (Å²) < 4.78 is 4.85. The van der Waals surface area contributed by atoms with E-state index in [0.29, 0.717) is 0 Å². The SMILES string of the molecule is CCCCCCC[CH2][Ti]([CH3])(=[SiH2])([c]1cccc2c1Cc1ccccc1-2)[c]1cccc2c1Cc1ccccc1-2.Cl.Cl. The van der Waals surface area contributed by atoms with Crippen molar-refractivity contribution in [1.29, 1.82) is 0 Å².